The van der Waals surface area contributed by atoms with E-state index in [1.54, 1.807) is 0 Å². The molecule has 0 heterocycles. The van der Waals surface area contributed by atoms with Crippen molar-refractivity contribution in [2.45, 2.75) is 19.3 Å². The Balaban J connectivity index is 2.20. The summed E-state index contributed by atoms with van der Waals surface area (Å²) in [6.07, 6.45) is 9.51. The number of hydrogen-bond donors (Lipinski definition) is 0. The molecule has 0 saturated heterocycles. The fourth-order valence-corrected chi connectivity index (χ4v) is 1.26. The van der Waals surface area contributed by atoms with Crippen molar-refractivity contribution in [3.8, 4) is 0 Å². The Morgan fingerprint density at radius 1 is 1.15 bits per heavy atom. The molecule has 0 atom stereocenters. The summed E-state index contributed by atoms with van der Waals surface area (Å²) in [5.41, 5.74) is 1.43. The molecule has 13 heavy (non-hydrogen) atoms. The lowest BCUT2D eigenvalue weighted by atomic mass is 10.1. The fourth-order valence-electron chi connectivity index (χ4n) is 1.26. The average molecular weight is 172 g/mol. The van der Waals surface area contributed by atoms with Gasteiger partial charge in [-0.25, -0.2) is 0 Å². The largest absolute Gasteiger partial charge is 0.0991 e. The van der Waals surface area contributed by atoms with Gasteiger partial charge in [0.05, 0.1) is 0 Å². The molecule has 0 amide bonds. The molecule has 0 spiro atoms. The molecule has 0 unspecified atom stereocenters. The SMILES string of the molecule is C=C/C=C/CCCc1ccccc1. The highest BCUT2D eigenvalue weighted by Crippen LogP contribution is 2.04. The molecule has 1 aromatic rings. The first-order valence-electron chi connectivity index (χ1n) is 4.75. The van der Waals surface area contributed by atoms with Gasteiger partial charge in [-0.3, -0.25) is 0 Å². The molecule has 0 N–H and O–H groups in total. The van der Waals surface area contributed by atoms with Gasteiger partial charge in [0.25, 0.3) is 0 Å². The first-order chi connectivity index (χ1) is 6.43. The molecule has 0 aliphatic heterocycles. The van der Waals surface area contributed by atoms with E-state index >= 15 is 0 Å². The number of rotatable bonds is 5. The number of benzene rings is 1. The molecule has 1 rings (SSSR count). The number of hydrogen-bond acceptors (Lipinski definition) is 0. The van der Waals surface area contributed by atoms with Gasteiger partial charge in [-0.05, 0) is 24.8 Å². The van der Waals surface area contributed by atoms with Gasteiger partial charge in [0.2, 0.25) is 0 Å². The third-order valence-corrected chi connectivity index (χ3v) is 1.95. The van der Waals surface area contributed by atoms with Gasteiger partial charge < -0.3 is 0 Å². The summed E-state index contributed by atoms with van der Waals surface area (Å²) < 4.78 is 0. The third kappa shape index (κ3) is 4.32. The topological polar surface area (TPSA) is 0 Å². The maximum Gasteiger partial charge on any atom is -0.0276 e. The van der Waals surface area contributed by atoms with Gasteiger partial charge in [-0.1, -0.05) is 55.1 Å². The summed E-state index contributed by atoms with van der Waals surface area (Å²) in [7, 11) is 0. The quantitative estimate of drug-likeness (QED) is 0.468. The monoisotopic (exact) mass is 172 g/mol. The van der Waals surface area contributed by atoms with Crippen LogP contribution in [-0.2, 0) is 6.42 Å². The summed E-state index contributed by atoms with van der Waals surface area (Å²) in [6.45, 7) is 3.63. The average Bonchev–Trinajstić information content (AvgIpc) is 2.19. The summed E-state index contributed by atoms with van der Waals surface area (Å²) >= 11 is 0. The molecule has 0 aliphatic rings. The van der Waals surface area contributed by atoms with Crippen LogP contribution >= 0.6 is 0 Å². The van der Waals surface area contributed by atoms with Crippen molar-refractivity contribution in [2.24, 2.45) is 0 Å². The van der Waals surface area contributed by atoms with Crippen LogP contribution < -0.4 is 0 Å². The molecule has 0 fully saturated rings. The molecular weight excluding hydrogens is 156 g/mol. The molecule has 0 heteroatoms. The number of allylic oxidation sites excluding steroid dienone is 3. The first kappa shape index (κ1) is 9.79. The predicted molar refractivity (Wildman–Crippen MR) is 58.7 cm³/mol. The van der Waals surface area contributed by atoms with Crippen molar-refractivity contribution in [1.82, 2.24) is 0 Å². The predicted octanol–water partition coefficient (Wildman–Crippen LogP) is 3.75. The van der Waals surface area contributed by atoms with Crippen LogP contribution in [0.4, 0.5) is 0 Å². The van der Waals surface area contributed by atoms with Crippen molar-refractivity contribution in [1.29, 1.82) is 0 Å². The van der Waals surface area contributed by atoms with Gasteiger partial charge in [-0.15, -0.1) is 0 Å². The summed E-state index contributed by atoms with van der Waals surface area (Å²) in [4.78, 5) is 0. The minimum absolute atomic E-state index is 1.14. The minimum Gasteiger partial charge on any atom is -0.0991 e. The smallest absolute Gasteiger partial charge is 0.0276 e. The van der Waals surface area contributed by atoms with E-state index in [-0.39, 0.29) is 0 Å². The van der Waals surface area contributed by atoms with Gasteiger partial charge in [0.15, 0.2) is 0 Å². The first-order valence-corrected chi connectivity index (χ1v) is 4.75. The highest BCUT2D eigenvalue weighted by atomic mass is 13.9. The van der Waals surface area contributed by atoms with E-state index in [0.29, 0.717) is 0 Å². The lowest BCUT2D eigenvalue weighted by Gasteiger charge is -1.97. The van der Waals surface area contributed by atoms with Gasteiger partial charge >= 0.3 is 0 Å². The van der Waals surface area contributed by atoms with E-state index in [2.05, 4.69) is 43.0 Å². The number of aryl methyl sites for hydroxylation is 1. The maximum absolute atomic E-state index is 3.63. The van der Waals surface area contributed by atoms with Crippen LogP contribution in [0.2, 0.25) is 0 Å². The molecule has 1 aromatic carbocycles. The second-order valence-corrected chi connectivity index (χ2v) is 3.04. The summed E-state index contributed by atoms with van der Waals surface area (Å²) in [6, 6.07) is 10.6. The van der Waals surface area contributed by atoms with Crippen LogP contribution in [0.5, 0.6) is 0 Å². The Morgan fingerprint density at radius 3 is 2.62 bits per heavy atom. The molecule has 0 saturated carbocycles. The van der Waals surface area contributed by atoms with Crippen LogP contribution in [0.3, 0.4) is 0 Å². The van der Waals surface area contributed by atoms with Crippen molar-refractivity contribution in [2.75, 3.05) is 0 Å². The molecular formula is C13H16. The zero-order valence-electron chi connectivity index (χ0n) is 7.95. The van der Waals surface area contributed by atoms with E-state index < -0.39 is 0 Å². The Hall–Kier alpha value is -1.30. The van der Waals surface area contributed by atoms with E-state index in [0.717, 1.165) is 6.42 Å². The highest BCUT2D eigenvalue weighted by molar-refractivity contribution is 5.14. The molecule has 68 valence electrons. The normalized spacial score (nSPS) is 10.5. The third-order valence-electron chi connectivity index (χ3n) is 1.95. The zero-order valence-corrected chi connectivity index (χ0v) is 7.95. The molecule has 0 aromatic heterocycles. The lowest BCUT2D eigenvalue weighted by molar-refractivity contribution is 0.843. The lowest BCUT2D eigenvalue weighted by Crippen LogP contribution is -1.82. The van der Waals surface area contributed by atoms with Crippen molar-refractivity contribution in [3.05, 3.63) is 60.7 Å². The maximum atomic E-state index is 3.63. The summed E-state index contributed by atoms with van der Waals surface area (Å²) in [5, 5.41) is 0. The standard InChI is InChI=1S/C13H16/c1-2-3-4-5-7-10-13-11-8-6-9-12-13/h2-4,6,8-9,11-12H,1,5,7,10H2/b4-3+. The molecule has 0 radical (unpaired) electrons. The Bertz CT molecular complexity index is 257. The highest BCUT2D eigenvalue weighted by Gasteiger charge is 1.88. The van der Waals surface area contributed by atoms with Crippen molar-refractivity contribution in [3.63, 3.8) is 0 Å². The Morgan fingerprint density at radius 2 is 1.92 bits per heavy atom. The van der Waals surface area contributed by atoms with Crippen LogP contribution in [0, 0.1) is 0 Å². The van der Waals surface area contributed by atoms with E-state index in [1.807, 2.05) is 12.2 Å². The number of unbranched alkanes of at least 4 members (excludes halogenated alkanes) is 1. The second kappa shape index (κ2) is 6.24. The van der Waals surface area contributed by atoms with Gasteiger partial charge in [0, 0.05) is 0 Å². The van der Waals surface area contributed by atoms with Crippen LogP contribution in [0.1, 0.15) is 18.4 Å². The van der Waals surface area contributed by atoms with E-state index in [1.165, 1.54) is 18.4 Å². The molecule has 0 bridgehead atoms. The Kier molecular flexibility index (Phi) is 4.70. The van der Waals surface area contributed by atoms with Crippen LogP contribution in [0.25, 0.3) is 0 Å². The fraction of sp³-hybridized carbons (Fsp3) is 0.231. The van der Waals surface area contributed by atoms with Crippen LogP contribution in [0.15, 0.2) is 55.1 Å². The zero-order chi connectivity index (χ0) is 9.36. The molecule has 0 nitrogen and oxygen atoms in total. The van der Waals surface area contributed by atoms with E-state index in [4.69, 9.17) is 0 Å². The van der Waals surface area contributed by atoms with E-state index in [9.17, 15) is 0 Å². The molecule has 0 aliphatic carbocycles. The van der Waals surface area contributed by atoms with Crippen molar-refractivity contribution < 1.29 is 0 Å². The minimum atomic E-state index is 1.14. The van der Waals surface area contributed by atoms with Gasteiger partial charge in [0.1, 0.15) is 0 Å². The summed E-state index contributed by atoms with van der Waals surface area (Å²) in [5.74, 6) is 0. The second-order valence-electron chi connectivity index (χ2n) is 3.04. The Labute approximate surface area is 80.6 Å². The van der Waals surface area contributed by atoms with Crippen LogP contribution in [-0.4, -0.2) is 0 Å². The van der Waals surface area contributed by atoms with Gasteiger partial charge in [-0.2, -0.15) is 0 Å². The van der Waals surface area contributed by atoms with Crippen molar-refractivity contribution >= 4 is 0 Å².